The van der Waals surface area contributed by atoms with E-state index in [2.05, 4.69) is 69.0 Å². The van der Waals surface area contributed by atoms with Crippen LogP contribution >= 0.6 is 0 Å². The maximum absolute atomic E-state index is 3.39. The van der Waals surface area contributed by atoms with E-state index in [4.69, 9.17) is 0 Å². The zero-order chi connectivity index (χ0) is 11.6. The highest BCUT2D eigenvalue weighted by Gasteiger charge is 2.31. The minimum atomic E-state index is -0.728. The minimum absolute atomic E-state index is 0.316. The van der Waals surface area contributed by atoms with Crippen LogP contribution in [0.2, 0.25) is 5.04 Å². The molecule has 0 bridgehead atoms. The lowest BCUT2D eigenvalue weighted by atomic mass is 10.2. The van der Waals surface area contributed by atoms with Crippen LogP contribution in [0.4, 0.5) is 0 Å². The van der Waals surface area contributed by atoms with Crippen molar-refractivity contribution in [1.82, 2.24) is 0 Å². The summed E-state index contributed by atoms with van der Waals surface area (Å²) in [6.45, 7) is 6.99. The lowest BCUT2D eigenvalue weighted by Crippen LogP contribution is -2.40. The van der Waals surface area contributed by atoms with Crippen molar-refractivity contribution in [1.29, 1.82) is 0 Å². The van der Waals surface area contributed by atoms with Crippen molar-refractivity contribution in [3.8, 4) is 0 Å². The minimum Gasteiger partial charge on any atom is -0.122 e. The monoisotopic (exact) mass is 225 g/mol. The molecule has 16 heavy (non-hydrogen) atoms. The molecule has 2 rings (SSSR count). The first-order valence-electron chi connectivity index (χ1n) is 5.65. The van der Waals surface area contributed by atoms with Crippen LogP contribution in [-0.2, 0) is 0 Å². The normalized spacial score (nSPS) is 14.6. The number of allylic oxidation sites excluding steroid dienone is 3. The van der Waals surface area contributed by atoms with Gasteiger partial charge in [-0.3, -0.25) is 0 Å². The molecular weight excluding hydrogens is 208 g/mol. The van der Waals surface area contributed by atoms with Gasteiger partial charge < -0.3 is 0 Å². The first-order chi connectivity index (χ1) is 7.59. The van der Waals surface area contributed by atoms with Crippen LogP contribution in [0.25, 0.3) is 0 Å². The molecule has 1 aromatic carbocycles. The third-order valence-electron chi connectivity index (χ3n) is 2.68. The molecule has 0 fully saturated rings. The first kappa shape index (κ1) is 11.2. The third kappa shape index (κ3) is 2.26. The Hall–Kier alpha value is -1.30. The molecule has 1 aliphatic rings. The summed E-state index contributed by atoms with van der Waals surface area (Å²) >= 11 is 0. The highest BCUT2D eigenvalue weighted by atomic mass is 28.3. The molecule has 0 aliphatic heterocycles. The molecule has 1 heteroatoms. The van der Waals surface area contributed by atoms with Gasteiger partial charge in [0.25, 0.3) is 0 Å². The van der Waals surface area contributed by atoms with E-state index in [1.807, 2.05) is 6.08 Å². The van der Waals surface area contributed by atoms with Crippen molar-refractivity contribution >= 4 is 14.0 Å². The fourth-order valence-corrected chi connectivity index (χ4v) is 5.08. The van der Waals surface area contributed by atoms with E-state index < -0.39 is 8.80 Å². The zero-order valence-electron chi connectivity index (χ0n) is 10.1. The summed E-state index contributed by atoms with van der Waals surface area (Å²) in [5.74, 6) is 0. The largest absolute Gasteiger partial charge is 0.137 e. The Bertz CT molecular complexity index is 454. The van der Waals surface area contributed by atoms with Crippen LogP contribution in [-0.4, -0.2) is 8.80 Å². The van der Waals surface area contributed by atoms with Gasteiger partial charge in [-0.2, -0.15) is 0 Å². The molecule has 1 aromatic rings. The second-order valence-electron chi connectivity index (χ2n) is 5.07. The molecule has 0 amide bonds. The maximum Gasteiger partial charge on any atom is 0.137 e. The lowest BCUT2D eigenvalue weighted by Gasteiger charge is -2.29. The molecule has 81 valence electrons. The van der Waals surface area contributed by atoms with Crippen LogP contribution in [0.1, 0.15) is 20.8 Å². The number of benzene rings is 1. The lowest BCUT2D eigenvalue weighted by molar-refractivity contribution is 0.748. The molecule has 0 saturated heterocycles. The number of rotatable bonds is 2. The molecule has 0 aromatic heterocycles. The van der Waals surface area contributed by atoms with Crippen LogP contribution < -0.4 is 5.19 Å². The van der Waals surface area contributed by atoms with Gasteiger partial charge in [0, 0.05) is 0 Å². The topological polar surface area (TPSA) is 0 Å². The third-order valence-corrected chi connectivity index (χ3v) is 5.94. The molecular formula is C15H17Si. The van der Waals surface area contributed by atoms with E-state index in [0.29, 0.717) is 5.04 Å². The quantitative estimate of drug-likeness (QED) is 0.535. The fourth-order valence-electron chi connectivity index (χ4n) is 2.08. The van der Waals surface area contributed by atoms with E-state index >= 15 is 0 Å². The average molecular weight is 225 g/mol. The predicted molar refractivity (Wildman–Crippen MR) is 72.3 cm³/mol. The van der Waals surface area contributed by atoms with Crippen LogP contribution in [0.3, 0.4) is 0 Å². The Morgan fingerprint density at radius 1 is 1.06 bits per heavy atom. The Labute approximate surface area is 99.6 Å². The number of hydrogen-bond donors (Lipinski definition) is 0. The predicted octanol–water partition coefficient (Wildman–Crippen LogP) is 3.38. The second kappa shape index (κ2) is 4.29. The Kier molecular flexibility index (Phi) is 3.00. The van der Waals surface area contributed by atoms with Gasteiger partial charge in [0.05, 0.1) is 0 Å². The smallest absolute Gasteiger partial charge is 0.122 e. The Morgan fingerprint density at radius 2 is 1.75 bits per heavy atom. The Balaban J connectivity index is 2.45. The van der Waals surface area contributed by atoms with E-state index in [1.54, 1.807) is 0 Å². The van der Waals surface area contributed by atoms with Gasteiger partial charge >= 0.3 is 0 Å². The van der Waals surface area contributed by atoms with Crippen molar-refractivity contribution in [2.75, 3.05) is 0 Å². The van der Waals surface area contributed by atoms with Crippen LogP contribution in [0.5, 0.6) is 0 Å². The molecule has 1 radical (unpaired) electrons. The highest BCUT2D eigenvalue weighted by Crippen LogP contribution is 2.31. The molecule has 0 N–H and O–H groups in total. The van der Waals surface area contributed by atoms with Crippen LogP contribution in [0.15, 0.2) is 59.5 Å². The van der Waals surface area contributed by atoms with Crippen molar-refractivity contribution in [2.24, 2.45) is 0 Å². The average Bonchev–Trinajstić information content (AvgIpc) is 2.71. The number of hydrogen-bond acceptors (Lipinski definition) is 0. The Morgan fingerprint density at radius 3 is 2.25 bits per heavy atom. The van der Waals surface area contributed by atoms with Crippen LogP contribution in [0, 0.1) is 0 Å². The molecule has 0 unspecified atom stereocenters. The van der Waals surface area contributed by atoms with Gasteiger partial charge in [-0.15, -0.1) is 5.73 Å². The van der Waals surface area contributed by atoms with Gasteiger partial charge in [0.2, 0.25) is 0 Å². The summed E-state index contributed by atoms with van der Waals surface area (Å²) in [5, 5.41) is 3.18. The second-order valence-corrected chi connectivity index (χ2v) is 8.44. The van der Waals surface area contributed by atoms with Crippen molar-refractivity contribution < 1.29 is 0 Å². The van der Waals surface area contributed by atoms with Gasteiger partial charge in [0.1, 0.15) is 8.80 Å². The summed E-state index contributed by atoms with van der Waals surface area (Å²) in [7, 11) is -0.728. The maximum atomic E-state index is 3.39. The van der Waals surface area contributed by atoms with E-state index in [9.17, 15) is 0 Å². The SMILES string of the molecule is CC(C)(C)[Si](C1=C=CC=C1)c1ccccc1. The van der Waals surface area contributed by atoms with Crippen molar-refractivity contribution in [3.63, 3.8) is 0 Å². The van der Waals surface area contributed by atoms with Crippen molar-refractivity contribution in [2.45, 2.75) is 25.8 Å². The fraction of sp³-hybridized carbons (Fsp3) is 0.267. The summed E-state index contributed by atoms with van der Waals surface area (Å²) < 4.78 is 0. The van der Waals surface area contributed by atoms with Gasteiger partial charge in [-0.05, 0) is 16.3 Å². The molecule has 0 atom stereocenters. The zero-order valence-corrected chi connectivity index (χ0v) is 11.1. The standard InChI is InChI=1S/C15H17Si/c1-15(2,3)16(14-11-7-8-12-14)13-9-5-4-6-10-13/h4-11H,1-3H3. The summed E-state index contributed by atoms with van der Waals surface area (Å²) in [6.07, 6.45) is 6.33. The molecule has 0 nitrogen and oxygen atoms in total. The molecule has 0 spiro atoms. The van der Waals surface area contributed by atoms with E-state index in [0.717, 1.165) is 0 Å². The first-order valence-corrected chi connectivity index (χ1v) is 7.15. The van der Waals surface area contributed by atoms with Crippen molar-refractivity contribution in [3.05, 3.63) is 59.5 Å². The molecule has 0 saturated carbocycles. The van der Waals surface area contributed by atoms with E-state index in [-0.39, 0.29) is 0 Å². The van der Waals surface area contributed by atoms with Gasteiger partial charge in [-0.1, -0.05) is 68.4 Å². The van der Waals surface area contributed by atoms with Gasteiger partial charge in [0.15, 0.2) is 0 Å². The highest BCUT2D eigenvalue weighted by molar-refractivity contribution is 6.82. The summed E-state index contributed by atoms with van der Waals surface area (Å²) in [4.78, 5) is 0. The molecule has 0 heterocycles. The van der Waals surface area contributed by atoms with E-state index in [1.165, 1.54) is 10.4 Å². The summed E-state index contributed by atoms with van der Waals surface area (Å²) in [5.41, 5.74) is 3.39. The summed E-state index contributed by atoms with van der Waals surface area (Å²) in [6, 6.07) is 10.9. The van der Waals surface area contributed by atoms with Gasteiger partial charge in [-0.25, -0.2) is 0 Å². The molecule has 1 aliphatic carbocycles.